The summed E-state index contributed by atoms with van der Waals surface area (Å²) in [4.78, 5) is 23.7. The van der Waals surface area contributed by atoms with Crippen molar-refractivity contribution in [2.24, 2.45) is 0 Å². The Labute approximate surface area is 163 Å². The number of hydrogen-bond donors (Lipinski definition) is 2. The lowest BCUT2D eigenvalue weighted by molar-refractivity contribution is -0.137. The van der Waals surface area contributed by atoms with E-state index in [9.17, 15) is 27.9 Å². The van der Waals surface area contributed by atoms with Crippen LogP contribution in [0.5, 0.6) is 0 Å². The van der Waals surface area contributed by atoms with Crippen molar-refractivity contribution in [2.75, 3.05) is 5.32 Å². The van der Waals surface area contributed by atoms with Gasteiger partial charge in [-0.3, -0.25) is 4.79 Å². The first-order valence-electron chi connectivity index (χ1n) is 8.49. The molecule has 0 fully saturated rings. The number of halogens is 3. The monoisotopic (exact) mass is 403 g/mol. The number of nitrogens with one attached hydrogen (secondary N) is 1. The SMILES string of the molecule is Cc1ccc(C(=O)Nc2cc(C(=O)O)nn2Cc2cccc(C(F)(F)F)c2)cc1. The Kier molecular flexibility index (Phi) is 5.40. The Balaban J connectivity index is 1.90. The lowest BCUT2D eigenvalue weighted by Gasteiger charge is -2.11. The van der Waals surface area contributed by atoms with E-state index in [4.69, 9.17) is 0 Å². The van der Waals surface area contributed by atoms with Crippen LogP contribution in [-0.4, -0.2) is 26.8 Å². The first-order valence-corrected chi connectivity index (χ1v) is 8.49. The van der Waals surface area contributed by atoms with E-state index in [0.717, 1.165) is 28.4 Å². The minimum absolute atomic E-state index is 0.0605. The maximum absolute atomic E-state index is 12.9. The van der Waals surface area contributed by atoms with Crippen LogP contribution in [0.1, 0.15) is 37.5 Å². The summed E-state index contributed by atoms with van der Waals surface area (Å²) in [5, 5.41) is 15.6. The summed E-state index contributed by atoms with van der Waals surface area (Å²) < 4.78 is 39.9. The van der Waals surface area contributed by atoms with Crippen LogP contribution in [0, 0.1) is 6.92 Å². The Morgan fingerprint density at radius 1 is 1.10 bits per heavy atom. The van der Waals surface area contributed by atoms with Crippen LogP contribution >= 0.6 is 0 Å². The van der Waals surface area contributed by atoms with Gasteiger partial charge < -0.3 is 10.4 Å². The molecule has 0 spiro atoms. The van der Waals surface area contributed by atoms with Crippen molar-refractivity contribution in [1.82, 2.24) is 9.78 Å². The van der Waals surface area contributed by atoms with Crippen molar-refractivity contribution >= 4 is 17.7 Å². The number of benzene rings is 2. The van der Waals surface area contributed by atoms with Gasteiger partial charge >= 0.3 is 12.1 Å². The summed E-state index contributed by atoms with van der Waals surface area (Å²) in [6.45, 7) is 1.71. The zero-order valence-electron chi connectivity index (χ0n) is 15.2. The van der Waals surface area contributed by atoms with Gasteiger partial charge in [-0.15, -0.1) is 0 Å². The van der Waals surface area contributed by atoms with Crippen LogP contribution in [0.4, 0.5) is 19.0 Å². The smallest absolute Gasteiger partial charge is 0.416 e. The van der Waals surface area contributed by atoms with Gasteiger partial charge in [-0.1, -0.05) is 29.8 Å². The Hall–Kier alpha value is -3.62. The molecule has 1 heterocycles. The van der Waals surface area contributed by atoms with Crippen LogP contribution in [0.25, 0.3) is 0 Å². The van der Waals surface area contributed by atoms with Gasteiger partial charge in [0.2, 0.25) is 0 Å². The van der Waals surface area contributed by atoms with Crippen LogP contribution in [0.2, 0.25) is 0 Å². The number of carbonyl (C=O) groups excluding carboxylic acids is 1. The van der Waals surface area contributed by atoms with Crippen LogP contribution in [-0.2, 0) is 12.7 Å². The molecule has 1 amide bonds. The number of aryl methyl sites for hydroxylation is 1. The molecule has 0 bridgehead atoms. The molecular weight excluding hydrogens is 387 g/mol. The van der Waals surface area contributed by atoms with Gasteiger partial charge in [0.05, 0.1) is 12.1 Å². The topological polar surface area (TPSA) is 84.2 Å². The molecule has 0 atom stereocenters. The highest BCUT2D eigenvalue weighted by molar-refractivity contribution is 6.04. The third-order valence-electron chi connectivity index (χ3n) is 4.14. The summed E-state index contributed by atoms with van der Waals surface area (Å²) in [5.41, 5.74) is 0.399. The zero-order valence-corrected chi connectivity index (χ0v) is 15.2. The van der Waals surface area contributed by atoms with Crippen molar-refractivity contribution in [1.29, 1.82) is 0 Å². The van der Waals surface area contributed by atoms with Gasteiger partial charge in [0, 0.05) is 11.6 Å². The number of rotatable bonds is 5. The Morgan fingerprint density at radius 2 is 1.79 bits per heavy atom. The number of alkyl halides is 3. The lowest BCUT2D eigenvalue weighted by atomic mass is 10.1. The van der Waals surface area contributed by atoms with Crippen LogP contribution < -0.4 is 5.32 Å². The molecule has 3 rings (SSSR count). The molecule has 1 aromatic heterocycles. The predicted molar refractivity (Wildman–Crippen MR) is 98.9 cm³/mol. The van der Waals surface area contributed by atoms with Crippen molar-refractivity contribution in [2.45, 2.75) is 19.6 Å². The molecule has 2 aromatic carbocycles. The Morgan fingerprint density at radius 3 is 2.41 bits per heavy atom. The van der Waals surface area contributed by atoms with E-state index in [2.05, 4.69) is 10.4 Å². The van der Waals surface area contributed by atoms with E-state index in [1.54, 1.807) is 24.3 Å². The molecule has 29 heavy (non-hydrogen) atoms. The summed E-state index contributed by atoms with van der Waals surface area (Å²) in [7, 11) is 0. The van der Waals surface area contributed by atoms with Crippen molar-refractivity contribution in [3.8, 4) is 0 Å². The molecule has 6 nitrogen and oxygen atoms in total. The van der Waals surface area contributed by atoms with E-state index < -0.39 is 23.6 Å². The summed E-state index contributed by atoms with van der Waals surface area (Å²) in [6.07, 6.45) is -4.51. The number of carboxylic acid groups (broad SMARTS) is 1. The van der Waals surface area contributed by atoms with E-state index in [1.165, 1.54) is 12.1 Å². The molecule has 0 unspecified atom stereocenters. The highest BCUT2D eigenvalue weighted by atomic mass is 19.4. The van der Waals surface area contributed by atoms with Gasteiger partial charge in [0.15, 0.2) is 5.69 Å². The number of carboxylic acids is 1. The van der Waals surface area contributed by atoms with E-state index in [0.29, 0.717) is 5.56 Å². The fraction of sp³-hybridized carbons (Fsp3) is 0.150. The number of anilines is 1. The second-order valence-electron chi connectivity index (χ2n) is 6.40. The maximum atomic E-state index is 12.9. The number of amides is 1. The highest BCUT2D eigenvalue weighted by Gasteiger charge is 2.30. The minimum atomic E-state index is -4.51. The number of aromatic nitrogens is 2. The van der Waals surface area contributed by atoms with E-state index >= 15 is 0 Å². The van der Waals surface area contributed by atoms with Gasteiger partial charge in [0.1, 0.15) is 5.82 Å². The maximum Gasteiger partial charge on any atom is 0.416 e. The van der Waals surface area contributed by atoms with Crippen molar-refractivity contribution in [3.05, 3.63) is 82.5 Å². The quantitative estimate of drug-likeness (QED) is 0.669. The molecule has 0 saturated carbocycles. The first kappa shape index (κ1) is 20.1. The molecule has 0 saturated heterocycles. The van der Waals surface area contributed by atoms with E-state index in [1.807, 2.05) is 6.92 Å². The fourth-order valence-electron chi connectivity index (χ4n) is 2.65. The molecule has 150 valence electrons. The predicted octanol–water partition coefficient (Wildman–Crippen LogP) is 4.21. The second-order valence-corrected chi connectivity index (χ2v) is 6.40. The molecule has 2 N–H and O–H groups in total. The van der Waals surface area contributed by atoms with Crippen molar-refractivity contribution in [3.63, 3.8) is 0 Å². The second kappa shape index (κ2) is 7.78. The largest absolute Gasteiger partial charge is 0.476 e. The molecule has 9 heteroatoms. The molecular formula is C20H16F3N3O3. The number of nitrogens with zero attached hydrogens (tertiary/aromatic N) is 2. The number of aromatic carboxylic acids is 1. The molecule has 0 aliphatic carbocycles. The molecule has 0 aliphatic rings. The standard InChI is InChI=1S/C20H16F3N3O3/c1-12-5-7-14(8-6-12)18(27)24-17-10-16(19(28)29)25-26(17)11-13-3-2-4-15(9-13)20(21,22)23/h2-10H,11H2,1H3,(H,24,27)(H,28,29). The highest BCUT2D eigenvalue weighted by Crippen LogP contribution is 2.30. The third-order valence-corrected chi connectivity index (χ3v) is 4.14. The van der Waals surface area contributed by atoms with Gasteiger partial charge in [-0.05, 0) is 36.8 Å². The van der Waals surface area contributed by atoms with Crippen molar-refractivity contribution < 1.29 is 27.9 Å². The molecule has 0 aliphatic heterocycles. The average Bonchev–Trinajstić information content (AvgIpc) is 3.04. The van der Waals surface area contributed by atoms with Gasteiger partial charge in [0.25, 0.3) is 5.91 Å². The number of carbonyl (C=O) groups is 2. The summed E-state index contributed by atoms with van der Waals surface area (Å²) in [6, 6.07) is 12.5. The first-order chi connectivity index (χ1) is 13.6. The zero-order chi connectivity index (χ0) is 21.2. The van der Waals surface area contributed by atoms with Gasteiger partial charge in [-0.25, -0.2) is 9.48 Å². The average molecular weight is 403 g/mol. The van der Waals surface area contributed by atoms with E-state index in [-0.39, 0.29) is 23.6 Å². The Bertz CT molecular complexity index is 1060. The van der Waals surface area contributed by atoms with Crippen LogP contribution in [0.15, 0.2) is 54.6 Å². The fourth-order valence-corrected chi connectivity index (χ4v) is 2.65. The molecule has 3 aromatic rings. The summed E-state index contributed by atoms with van der Waals surface area (Å²) >= 11 is 0. The molecule has 0 radical (unpaired) electrons. The minimum Gasteiger partial charge on any atom is -0.476 e. The lowest BCUT2D eigenvalue weighted by Crippen LogP contribution is -2.16. The summed E-state index contributed by atoms with van der Waals surface area (Å²) in [5.74, 6) is -1.75. The van der Waals surface area contributed by atoms with Crippen LogP contribution in [0.3, 0.4) is 0 Å². The van der Waals surface area contributed by atoms with Gasteiger partial charge in [-0.2, -0.15) is 18.3 Å². The third kappa shape index (κ3) is 4.81. The normalized spacial score (nSPS) is 11.3. The number of hydrogen-bond acceptors (Lipinski definition) is 3.